The van der Waals surface area contributed by atoms with Gasteiger partial charge in [0.25, 0.3) is 5.91 Å². The Kier molecular flexibility index (Phi) is 1.61. The van der Waals surface area contributed by atoms with E-state index < -0.39 is 0 Å². The highest BCUT2D eigenvalue weighted by Crippen LogP contribution is 2.36. The molecule has 72 valence electrons. The van der Waals surface area contributed by atoms with Crippen molar-refractivity contribution in [1.29, 1.82) is 0 Å². The minimum Gasteiger partial charge on any atom is -0.354 e. The number of amides is 1. The molecule has 0 unspecified atom stereocenters. The Morgan fingerprint density at radius 3 is 3.14 bits per heavy atom. The Morgan fingerprint density at radius 2 is 2.21 bits per heavy atom. The van der Waals surface area contributed by atoms with Gasteiger partial charge in [-0.25, -0.2) is 0 Å². The number of hydrogen-bond acceptors (Lipinski definition) is 2. The van der Waals surface area contributed by atoms with Crippen molar-refractivity contribution in [2.24, 2.45) is 0 Å². The fourth-order valence-corrected chi connectivity index (χ4v) is 2.16. The first-order valence-electron chi connectivity index (χ1n) is 4.89. The average Bonchev–Trinajstić information content (AvgIpc) is 2.55. The van der Waals surface area contributed by atoms with Crippen molar-refractivity contribution in [3.63, 3.8) is 0 Å². The van der Waals surface area contributed by atoms with Crippen LogP contribution in [0.5, 0.6) is 0 Å². The molecule has 0 aromatic heterocycles. The fourth-order valence-electron chi connectivity index (χ4n) is 2.16. The van der Waals surface area contributed by atoms with Gasteiger partial charge in [-0.1, -0.05) is 18.2 Å². The molecular formula is C11H11NO2. The number of carbonyl (C=O) groups is 1. The Morgan fingerprint density at radius 1 is 1.36 bits per heavy atom. The van der Waals surface area contributed by atoms with Crippen LogP contribution in [0.4, 0.5) is 0 Å². The Balaban J connectivity index is 2.11. The molecule has 0 aliphatic carbocycles. The highest BCUT2D eigenvalue weighted by Gasteiger charge is 2.38. The molecule has 14 heavy (non-hydrogen) atoms. The second-order valence-corrected chi connectivity index (χ2v) is 3.66. The van der Waals surface area contributed by atoms with Crippen molar-refractivity contribution >= 4 is 5.91 Å². The van der Waals surface area contributed by atoms with E-state index in [1.807, 2.05) is 29.2 Å². The van der Waals surface area contributed by atoms with Crippen LogP contribution in [-0.4, -0.2) is 24.0 Å². The number of nitrogens with zero attached hydrogens (tertiary/aromatic N) is 1. The van der Waals surface area contributed by atoms with Crippen LogP contribution in [0.25, 0.3) is 0 Å². The first-order chi connectivity index (χ1) is 6.88. The van der Waals surface area contributed by atoms with E-state index in [1.165, 1.54) is 0 Å². The highest BCUT2D eigenvalue weighted by molar-refractivity contribution is 5.98. The maximum atomic E-state index is 11.9. The van der Waals surface area contributed by atoms with Gasteiger partial charge in [0, 0.05) is 17.7 Å². The lowest BCUT2D eigenvalue weighted by Crippen LogP contribution is -2.35. The van der Waals surface area contributed by atoms with Gasteiger partial charge >= 0.3 is 0 Å². The molecule has 2 aliphatic heterocycles. The predicted molar refractivity (Wildman–Crippen MR) is 50.8 cm³/mol. The van der Waals surface area contributed by atoms with Crippen molar-refractivity contribution in [2.45, 2.75) is 12.6 Å². The third-order valence-corrected chi connectivity index (χ3v) is 2.82. The largest absolute Gasteiger partial charge is 0.354 e. The summed E-state index contributed by atoms with van der Waals surface area (Å²) in [6.45, 7) is 1.57. The van der Waals surface area contributed by atoms with Gasteiger partial charge in [-0.05, 0) is 12.5 Å². The number of rotatable bonds is 0. The second kappa shape index (κ2) is 2.82. The number of fused-ring (bicyclic) bond motifs is 3. The molecule has 1 atom stereocenters. The third kappa shape index (κ3) is 0.930. The van der Waals surface area contributed by atoms with Crippen molar-refractivity contribution < 1.29 is 9.53 Å². The zero-order valence-electron chi connectivity index (χ0n) is 7.77. The smallest absolute Gasteiger partial charge is 0.256 e. The quantitative estimate of drug-likeness (QED) is 0.619. The van der Waals surface area contributed by atoms with Gasteiger partial charge in [-0.3, -0.25) is 4.79 Å². The zero-order chi connectivity index (χ0) is 9.54. The monoisotopic (exact) mass is 189 g/mol. The summed E-state index contributed by atoms with van der Waals surface area (Å²) in [5, 5.41) is 0. The average molecular weight is 189 g/mol. The van der Waals surface area contributed by atoms with Crippen molar-refractivity contribution in [1.82, 2.24) is 4.90 Å². The van der Waals surface area contributed by atoms with Crippen LogP contribution < -0.4 is 0 Å². The summed E-state index contributed by atoms with van der Waals surface area (Å²) in [6, 6.07) is 7.70. The van der Waals surface area contributed by atoms with Crippen LogP contribution in [0, 0.1) is 0 Å². The summed E-state index contributed by atoms with van der Waals surface area (Å²) < 4.78 is 5.60. The van der Waals surface area contributed by atoms with Gasteiger partial charge < -0.3 is 9.64 Å². The lowest BCUT2D eigenvalue weighted by Gasteiger charge is -2.29. The molecule has 0 N–H and O–H groups in total. The molecule has 2 heterocycles. The highest BCUT2D eigenvalue weighted by atomic mass is 16.5. The fraction of sp³-hybridized carbons (Fsp3) is 0.364. The Hall–Kier alpha value is -1.35. The van der Waals surface area contributed by atoms with Gasteiger partial charge in [-0.15, -0.1) is 0 Å². The van der Waals surface area contributed by atoms with Gasteiger partial charge in [0.1, 0.15) is 0 Å². The molecule has 1 aromatic rings. The van der Waals surface area contributed by atoms with Crippen molar-refractivity contribution in [2.75, 3.05) is 13.2 Å². The van der Waals surface area contributed by atoms with Crippen molar-refractivity contribution in [3.8, 4) is 0 Å². The maximum absolute atomic E-state index is 11.9. The molecule has 0 saturated carbocycles. The van der Waals surface area contributed by atoms with Crippen LogP contribution in [-0.2, 0) is 4.74 Å². The third-order valence-electron chi connectivity index (χ3n) is 2.82. The lowest BCUT2D eigenvalue weighted by molar-refractivity contribution is -0.0716. The molecule has 1 fully saturated rings. The summed E-state index contributed by atoms with van der Waals surface area (Å²) in [4.78, 5) is 13.7. The summed E-state index contributed by atoms with van der Waals surface area (Å²) >= 11 is 0. The molecule has 3 heteroatoms. The topological polar surface area (TPSA) is 29.5 Å². The number of benzene rings is 1. The molecule has 0 bridgehead atoms. The molecule has 3 nitrogen and oxygen atoms in total. The van der Waals surface area contributed by atoms with Crippen molar-refractivity contribution in [3.05, 3.63) is 35.4 Å². The maximum Gasteiger partial charge on any atom is 0.256 e. The van der Waals surface area contributed by atoms with Gasteiger partial charge in [-0.2, -0.15) is 0 Å². The van der Waals surface area contributed by atoms with Crippen LogP contribution in [0.1, 0.15) is 28.6 Å². The normalized spacial score (nSPS) is 24.7. The minimum atomic E-state index is -0.118. The van der Waals surface area contributed by atoms with E-state index in [-0.39, 0.29) is 12.1 Å². The molecule has 1 aromatic carbocycles. The summed E-state index contributed by atoms with van der Waals surface area (Å²) in [6.07, 6.45) is 0.823. The van der Waals surface area contributed by atoms with Crippen LogP contribution in [0.3, 0.4) is 0 Å². The zero-order valence-corrected chi connectivity index (χ0v) is 7.77. The van der Waals surface area contributed by atoms with Crippen LogP contribution in [0.15, 0.2) is 24.3 Å². The molecule has 3 rings (SSSR count). The van der Waals surface area contributed by atoms with E-state index in [0.717, 1.165) is 30.7 Å². The van der Waals surface area contributed by atoms with E-state index in [9.17, 15) is 4.79 Å². The standard InChI is InChI=1S/C11H11NO2/c13-10-8-4-1-2-5-9(8)11-12(10)6-3-7-14-11/h1-2,4-5,11H,3,6-7H2/t11-/m1/s1. The second-order valence-electron chi connectivity index (χ2n) is 3.66. The first kappa shape index (κ1) is 8.00. The number of carbonyl (C=O) groups excluding carboxylic acids is 1. The van der Waals surface area contributed by atoms with E-state index in [0.29, 0.717) is 0 Å². The summed E-state index contributed by atoms with van der Waals surface area (Å²) in [7, 11) is 0. The van der Waals surface area contributed by atoms with E-state index in [2.05, 4.69) is 0 Å². The molecule has 0 radical (unpaired) electrons. The Labute approximate surface area is 82.3 Å². The SMILES string of the molecule is O=C1c2ccccc2[C@H]2OCCCN12. The van der Waals surface area contributed by atoms with Crippen LogP contribution >= 0.6 is 0 Å². The van der Waals surface area contributed by atoms with Gasteiger partial charge in [0.15, 0.2) is 6.23 Å². The summed E-state index contributed by atoms with van der Waals surface area (Å²) in [5.74, 6) is 0.116. The molecule has 0 spiro atoms. The minimum absolute atomic E-state index is 0.116. The molecule has 1 amide bonds. The first-order valence-corrected chi connectivity index (χ1v) is 4.89. The molecule has 2 aliphatic rings. The van der Waals surface area contributed by atoms with Crippen LogP contribution in [0.2, 0.25) is 0 Å². The van der Waals surface area contributed by atoms with E-state index >= 15 is 0 Å². The Bertz CT molecular complexity index is 389. The molecular weight excluding hydrogens is 178 g/mol. The van der Waals surface area contributed by atoms with Gasteiger partial charge in [0.05, 0.1) is 6.61 Å². The predicted octanol–water partition coefficient (Wildman–Crippen LogP) is 1.56. The van der Waals surface area contributed by atoms with E-state index in [1.54, 1.807) is 0 Å². The van der Waals surface area contributed by atoms with E-state index in [4.69, 9.17) is 4.74 Å². The summed E-state index contributed by atoms with van der Waals surface area (Å²) in [5.41, 5.74) is 1.83. The lowest BCUT2D eigenvalue weighted by atomic mass is 10.1. The van der Waals surface area contributed by atoms with Gasteiger partial charge in [0.2, 0.25) is 0 Å². The molecule has 1 saturated heterocycles. The number of ether oxygens (including phenoxy) is 1. The number of hydrogen-bond donors (Lipinski definition) is 0.